The molecule has 0 spiro atoms. The molecule has 9 aliphatic carbocycles. The van der Waals surface area contributed by atoms with E-state index in [4.69, 9.17) is 0 Å². The normalized spacial score (nSPS) is 21.9. The minimum absolute atomic E-state index is 0.236. The first kappa shape index (κ1) is 76.9. The van der Waals surface area contributed by atoms with Crippen LogP contribution in [-0.2, 0) is 47.3 Å². The van der Waals surface area contributed by atoms with Crippen LogP contribution in [0.5, 0.6) is 0 Å². The van der Waals surface area contributed by atoms with Crippen LogP contribution in [0.4, 0.5) is 34.1 Å². The molecule has 608 valence electrons. The Morgan fingerprint density at radius 1 is 0.317 bits per heavy atom. The molecule has 4 atom stereocenters. The molecule has 16 aromatic rings. The summed E-state index contributed by atoms with van der Waals surface area (Å²) < 4.78 is 4.90. The molecule has 0 radical (unpaired) electrons. The van der Waals surface area contributed by atoms with Crippen LogP contribution in [0.15, 0.2) is 335 Å². The Bertz CT molecular complexity index is 6610. The van der Waals surface area contributed by atoms with E-state index in [0.717, 1.165) is 36.5 Å². The monoisotopic (exact) mass is 1600 g/mol. The highest BCUT2D eigenvalue weighted by molar-refractivity contribution is 6.12. The summed E-state index contributed by atoms with van der Waals surface area (Å²) in [6.45, 7) is 14.7. The molecule has 8 saturated carbocycles. The van der Waals surface area contributed by atoms with E-state index in [0.29, 0.717) is 0 Å². The molecular formula is C119H112N4. The van der Waals surface area contributed by atoms with Crippen molar-refractivity contribution in [3.63, 3.8) is 0 Å². The van der Waals surface area contributed by atoms with Gasteiger partial charge in [-0.15, -0.1) is 0 Å². The first-order chi connectivity index (χ1) is 60.4. The molecule has 2 heterocycles. The van der Waals surface area contributed by atoms with E-state index < -0.39 is 0 Å². The second kappa shape index (κ2) is 31.3. The van der Waals surface area contributed by atoms with Crippen molar-refractivity contribution in [1.82, 2.24) is 9.13 Å². The first-order valence-corrected chi connectivity index (χ1v) is 46.3. The third-order valence-electron chi connectivity index (χ3n) is 30.8. The summed E-state index contributed by atoms with van der Waals surface area (Å²) >= 11 is 0. The van der Waals surface area contributed by atoms with Gasteiger partial charge in [-0.2, -0.15) is 0 Å². The lowest BCUT2D eigenvalue weighted by atomic mass is 9.41. The summed E-state index contributed by atoms with van der Waals surface area (Å²) in [7, 11) is 0. The van der Waals surface area contributed by atoms with Gasteiger partial charge in [0.15, 0.2) is 0 Å². The molecule has 123 heavy (non-hydrogen) atoms. The number of unbranched alkanes of at least 4 members (excludes halogenated alkanes) is 2. The van der Waals surface area contributed by atoms with Crippen molar-refractivity contribution < 1.29 is 0 Å². The predicted molar refractivity (Wildman–Crippen MR) is 520 cm³/mol. The van der Waals surface area contributed by atoms with Crippen molar-refractivity contribution in [2.75, 3.05) is 9.80 Å². The van der Waals surface area contributed by atoms with Gasteiger partial charge in [-0.25, -0.2) is 0 Å². The summed E-state index contributed by atoms with van der Waals surface area (Å²) in [5.74, 6) is 3.23. The molecule has 4 nitrogen and oxygen atoms in total. The van der Waals surface area contributed by atoms with E-state index in [1.807, 2.05) is 12.2 Å². The summed E-state index contributed by atoms with van der Waals surface area (Å²) in [5.41, 5.74) is 36.2. The Morgan fingerprint density at radius 3 is 1.09 bits per heavy atom. The van der Waals surface area contributed by atoms with E-state index in [9.17, 15) is 0 Å². The van der Waals surface area contributed by atoms with Gasteiger partial charge < -0.3 is 18.9 Å². The van der Waals surface area contributed by atoms with Crippen LogP contribution in [0, 0.1) is 30.6 Å². The van der Waals surface area contributed by atoms with Crippen molar-refractivity contribution in [2.24, 2.45) is 23.7 Å². The Morgan fingerprint density at radius 2 is 0.667 bits per heavy atom. The number of anilines is 6. The van der Waals surface area contributed by atoms with Gasteiger partial charge in [0.25, 0.3) is 0 Å². The van der Waals surface area contributed by atoms with E-state index in [1.54, 1.807) is 16.7 Å². The van der Waals surface area contributed by atoms with Gasteiger partial charge in [0.2, 0.25) is 0 Å². The molecule has 14 aromatic carbocycles. The van der Waals surface area contributed by atoms with Gasteiger partial charge in [0.05, 0.1) is 22.1 Å². The van der Waals surface area contributed by atoms with E-state index >= 15 is 0 Å². The number of nitrogens with zero attached hydrogens (tertiary/aromatic N) is 4. The van der Waals surface area contributed by atoms with Crippen LogP contribution in [0.2, 0.25) is 0 Å². The molecule has 0 amide bonds. The number of hydrogen-bond donors (Lipinski definition) is 0. The molecule has 4 heteroatoms. The number of fused-ring (bicyclic) bond motifs is 7. The molecule has 0 aliphatic heterocycles. The SMILES string of the molecule is C=Cc1ccc(C23CC4CC(C2)CC(c2ccc(N(c5ccc(CCCC)cc5)c5ccc6c(c5)c5ccccc5n6-c5ccc(-c6ccc7c(c6)CC7)cc5)cc2)(C4)C3)cc1.C=Cc1ccc(C23CC4CC(C2)CC(c2ccc(N(c5ccc(CCCC)cc5)c5ccc6c7ccccc7n(-c7ccc(-c8ccc(C)cc8)cc7)c6c5)cc2)(C4)C3)cc1. The van der Waals surface area contributed by atoms with Crippen LogP contribution >= 0.6 is 0 Å². The number of aryl methyl sites for hydroxylation is 5. The Balaban J connectivity index is 0.000000147. The van der Waals surface area contributed by atoms with E-state index in [-0.39, 0.29) is 21.7 Å². The fraction of sp³-hybridized carbons (Fsp3) is 0.261. The average Bonchev–Trinajstić information content (AvgIpc) is 1.48. The predicted octanol–water partition coefficient (Wildman–Crippen LogP) is 31.8. The number of hydrogen-bond acceptors (Lipinski definition) is 2. The molecule has 2 aromatic heterocycles. The molecule has 0 N–H and O–H groups in total. The second-order valence-electron chi connectivity index (χ2n) is 38.6. The van der Waals surface area contributed by atoms with Crippen molar-refractivity contribution in [2.45, 2.75) is 171 Å². The Labute approximate surface area is 728 Å². The van der Waals surface area contributed by atoms with Crippen molar-refractivity contribution in [3.8, 4) is 33.6 Å². The fourth-order valence-electron chi connectivity index (χ4n) is 25.5. The van der Waals surface area contributed by atoms with Gasteiger partial charge in [-0.05, 0) is 361 Å². The zero-order valence-corrected chi connectivity index (χ0v) is 71.9. The number of rotatable bonds is 22. The lowest BCUT2D eigenvalue weighted by Crippen LogP contribution is -2.55. The number of para-hydroxylation sites is 2. The zero-order valence-electron chi connectivity index (χ0n) is 71.9. The maximum atomic E-state index is 4.02. The standard InChI is InChI=1S/C60H56N2.C59H56N2/c1-3-5-8-42-13-25-51(26-14-42)61(52-29-23-50(24-30-52)60-38-43-33-44(39-60)37-59(36-43,40-60)49-21-11-41(4-2)12-22-49)54-31-32-58-56(35-54)55-9-6-7-10-57(55)62(58)53-27-19-46(20-28-53)48-18-16-45-15-17-47(45)34-48;1-4-6-9-43-16-26-50(27-17-43)60(51-30-24-49(25-31-51)59-38-44-34-45(39-59)37-58(36-44,40-59)48-22-14-42(5-2)15-23-48)53-32-33-55-54-10-7-8-11-56(54)61(57(55)35-53)52-28-20-47(21-29-52)46-18-12-41(3)13-19-46/h4,6-7,9-14,16,18-32,34-35,43-44H,2-3,5,8,15,17,33,36-40H2,1H3;5,7-8,10-33,35,44-45H,2,4,6,9,34,36-40H2,1,3H3. The average molecular weight is 1600 g/mol. The van der Waals surface area contributed by atoms with Crippen LogP contribution in [0.1, 0.15) is 178 Å². The van der Waals surface area contributed by atoms with E-state index in [1.165, 1.54) is 271 Å². The number of aromatic nitrogens is 2. The maximum absolute atomic E-state index is 4.02. The highest BCUT2D eigenvalue weighted by atomic mass is 15.2. The fourth-order valence-corrected chi connectivity index (χ4v) is 25.5. The summed E-state index contributed by atoms with van der Waals surface area (Å²) in [6.07, 6.45) is 29.5. The van der Waals surface area contributed by atoms with Crippen LogP contribution < -0.4 is 9.80 Å². The lowest BCUT2D eigenvalue weighted by molar-refractivity contribution is -0.0282. The summed E-state index contributed by atoms with van der Waals surface area (Å²) in [4.78, 5) is 4.97. The highest BCUT2D eigenvalue weighted by Crippen LogP contribution is 2.68. The largest absolute Gasteiger partial charge is 0.310 e. The zero-order chi connectivity index (χ0) is 82.5. The molecule has 25 rings (SSSR count). The Hall–Kier alpha value is -12.2. The van der Waals surface area contributed by atoms with Crippen LogP contribution in [0.3, 0.4) is 0 Å². The van der Waals surface area contributed by atoms with Crippen molar-refractivity contribution in [3.05, 3.63) is 396 Å². The van der Waals surface area contributed by atoms with Crippen LogP contribution in [-0.4, -0.2) is 9.13 Å². The third kappa shape index (κ3) is 13.8. The molecular weight excluding hydrogens is 1490 g/mol. The molecule has 8 fully saturated rings. The van der Waals surface area contributed by atoms with Gasteiger partial charge in [0, 0.05) is 67.0 Å². The minimum atomic E-state index is 0.236. The maximum Gasteiger partial charge on any atom is 0.0561 e. The quantitative estimate of drug-likeness (QED) is 0.0672. The van der Waals surface area contributed by atoms with Crippen molar-refractivity contribution in [1.29, 1.82) is 0 Å². The van der Waals surface area contributed by atoms with Gasteiger partial charge >= 0.3 is 0 Å². The van der Waals surface area contributed by atoms with E-state index in [2.05, 4.69) is 374 Å². The van der Waals surface area contributed by atoms with Gasteiger partial charge in [-0.3, -0.25) is 0 Å². The Kier molecular flexibility index (Phi) is 19.5. The summed E-state index contributed by atoms with van der Waals surface area (Å²) in [5, 5.41) is 5.08. The van der Waals surface area contributed by atoms with Gasteiger partial charge in [0.1, 0.15) is 0 Å². The summed E-state index contributed by atoms with van der Waals surface area (Å²) in [6, 6.07) is 123. The molecule has 8 bridgehead atoms. The minimum Gasteiger partial charge on any atom is -0.310 e. The molecule has 0 saturated heterocycles. The second-order valence-corrected chi connectivity index (χ2v) is 38.6. The third-order valence-corrected chi connectivity index (χ3v) is 30.8. The highest BCUT2D eigenvalue weighted by Gasteiger charge is 2.60. The lowest BCUT2D eigenvalue weighted by Gasteiger charge is -2.63. The molecule has 4 unspecified atom stereocenters. The van der Waals surface area contributed by atoms with Crippen molar-refractivity contribution >= 4 is 89.9 Å². The topological polar surface area (TPSA) is 16.3 Å². The first-order valence-electron chi connectivity index (χ1n) is 46.3. The molecule has 9 aliphatic rings. The smallest absolute Gasteiger partial charge is 0.0561 e. The number of benzene rings is 14. The van der Waals surface area contributed by atoms with Crippen LogP contribution in [0.25, 0.3) is 89.4 Å². The van der Waals surface area contributed by atoms with Gasteiger partial charge in [-0.1, -0.05) is 264 Å².